The predicted molar refractivity (Wildman–Crippen MR) is 74.4 cm³/mol. The number of rotatable bonds is 3. The van der Waals surface area contributed by atoms with Crippen LogP contribution in [-0.2, 0) is 0 Å². The Morgan fingerprint density at radius 2 is 1.78 bits per heavy atom. The lowest BCUT2D eigenvalue weighted by Gasteiger charge is -2.14. The molecule has 94 valence electrons. The maximum absolute atomic E-state index is 6.28. The highest BCUT2D eigenvalue weighted by Crippen LogP contribution is 2.41. The van der Waals surface area contributed by atoms with E-state index in [9.17, 15) is 0 Å². The summed E-state index contributed by atoms with van der Waals surface area (Å²) in [6.07, 6.45) is 0. The van der Waals surface area contributed by atoms with Gasteiger partial charge in [-0.25, -0.2) is 0 Å². The van der Waals surface area contributed by atoms with Gasteiger partial charge in [-0.05, 0) is 12.1 Å². The van der Waals surface area contributed by atoms with Gasteiger partial charge in [0.05, 0.1) is 19.2 Å². The zero-order valence-electron chi connectivity index (χ0n) is 10.2. The van der Waals surface area contributed by atoms with E-state index in [1.165, 1.54) is 0 Å². The van der Waals surface area contributed by atoms with Gasteiger partial charge in [-0.3, -0.25) is 0 Å². The number of halogens is 1. The fourth-order valence-electron chi connectivity index (χ4n) is 1.82. The van der Waals surface area contributed by atoms with Gasteiger partial charge in [0.1, 0.15) is 11.5 Å². The molecule has 0 bridgehead atoms. The molecule has 2 rings (SSSR count). The summed E-state index contributed by atoms with van der Waals surface area (Å²) in [6, 6.07) is 11.1. The summed E-state index contributed by atoms with van der Waals surface area (Å²) in [5, 5.41) is 0.545. The average Bonchev–Trinajstić information content (AvgIpc) is 2.39. The Labute approximate surface area is 111 Å². The van der Waals surface area contributed by atoms with Crippen LogP contribution in [0.15, 0.2) is 36.4 Å². The van der Waals surface area contributed by atoms with Gasteiger partial charge < -0.3 is 15.2 Å². The molecule has 0 heterocycles. The standard InChI is InChI=1S/C14H14ClNO2/c1-17-9-7-11(15)14(13(8-9)18-2)10-5-3-4-6-12(10)16/h3-8H,16H2,1-2H3. The third kappa shape index (κ3) is 2.22. The first-order valence-corrected chi connectivity index (χ1v) is 5.81. The summed E-state index contributed by atoms with van der Waals surface area (Å²) in [6.45, 7) is 0. The van der Waals surface area contributed by atoms with Crippen molar-refractivity contribution in [1.29, 1.82) is 0 Å². The van der Waals surface area contributed by atoms with Crippen LogP contribution >= 0.6 is 11.6 Å². The second-order valence-electron chi connectivity index (χ2n) is 3.77. The first-order valence-electron chi connectivity index (χ1n) is 5.43. The normalized spacial score (nSPS) is 10.2. The van der Waals surface area contributed by atoms with Crippen LogP contribution in [0.25, 0.3) is 11.1 Å². The molecular weight excluding hydrogens is 250 g/mol. The van der Waals surface area contributed by atoms with E-state index in [1.807, 2.05) is 24.3 Å². The highest BCUT2D eigenvalue weighted by atomic mass is 35.5. The molecule has 0 aliphatic rings. The highest BCUT2D eigenvalue weighted by Gasteiger charge is 2.14. The van der Waals surface area contributed by atoms with Crippen molar-refractivity contribution in [2.75, 3.05) is 20.0 Å². The molecule has 0 spiro atoms. The first-order chi connectivity index (χ1) is 8.67. The molecule has 0 saturated carbocycles. The van der Waals surface area contributed by atoms with Crippen molar-refractivity contribution in [1.82, 2.24) is 0 Å². The van der Waals surface area contributed by atoms with Crippen LogP contribution in [0, 0.1) is 0 Å². The van der Waals surface area contributed by atoms with Crippen molar-refractivity contribution in [3.05, 3.63) is 41.4 Å². The van der Waals surface area contributed by atoms with Crippen molar-refractivity contribution in [2.45, 2.75) is 0 Å². The molecule has 0 aromatic heterocycles. The summed E-state index contributed by atoms with van der Waals surface area (Å²) in [5.74, 6) is 1.28. The van der Waals surface area contributed by atoms with Crippen molar-refractivity contribution >= 4 is 17.3 Å². The number of hydrogen-bond donors (Lipinski definition) is 1. The molecule has 4 heteroatoms. The van der Waals surface area contributed by atoms with Crippen molar-refractivity contribution in [3.8, 4) is 22.6 Å². The monoisotopic (exact) mass is 263 g/mol. The Morgan fingerprint density at radius 1 is 1.06 bits per heavy atom. The minimum absolute atomic E-state index is 0.545. The van der Waals surface area contributed by atoms with Crippen molar-refractivity contribution in [3.63, 3.8) is 0 Å². The summed E-state index contributed by atoms with van der Waals surface area (Å²) >= 11 is 6.28. The van der Waals surface area contributed by atoms with E-state index in [1.54, 1.807) is 26.4 Å². The van der Waals surface area contributed by atoms with Crippen molar-refractivity contribution in [2.24, 2.45) is 0 Å². The SMILES string of the molecule is COc1cc(Cl)c(-c2ccccc2N)c(OC)c1. The molecule has 0 saturated heterocycles. The molecular formula is C14H14ClNO2. The smallest absolute Gasteiger partial charge is 0.131 e. The zero-order chi connectivity index (χ0) is 13.1. The van der Waals surface area contributed by atoms with Gasteiger partial charge >= 0.3 is 0 Å². The quantitative estimate of drug-likeness (QED) is 0.861. The minimum atomic E-state index is 0.545. The molecule has 2 aromatic carbocycles. The summed E-state index contributed by atoms with van der Waals surface area (Å²) < 4.78 is 10.5. The first kappa shape index (κ1) is 12.6. The molecule has 0 aliphatic heterocycles. The molecule has 0 amide bonds. The molecule has 0 radical (unpaired) electrons. The van der Waals surface area contributed by atoms with E-state index in [2.05, 4.69) is 0 Å². The largest absolute Gasteiger partial charge is 0.497 e. The Morgan fingerprint density at radius 3 is 2.39 bits per heavy atom. The van der Waals surface area contributed by atoms with Crippen LogP contribution in [0.5, 0.6) is 11.5 Å². The zero-order valence-corrected chi connectivity index (χ0v) is 11.0. The number of ether oxygens (including phenoxy) is 2. The van der Waals surface area contributed by atoms with E-state index >= 15 is 0 Å². The van der Waals surface area contributed by atoms with Gasteiger partial charge in [0.25, 0.3) is 0 Å². The second-order valence-corrected chi connectivity index (χ2v) is 4.18. The van der Waals surface area contributed by atoms with E-state index in [0.717, 1.165) is 11.1 Å². The van der Waals surface area contributed by atoms with Crippen LogP contribution in [-0.4, -0.2) is 14.2 Å². The number of para-hydroxylation sites is 1. The van der Waals surface area contributed by atoms with E-state index in [4.69, 9.17) is 26.8 Å². The van der Waals surface area contributed by atoms with Gasteiger partial charge in [-0.1, -0.05) is 29.8 Å². The average molecular weight is 264 g/mol. The van der Waals surface area contributed by atoms with Crippen molar-refractivity contribution < 1.29 is 9.47 Å². The minimum Gasteiger partial charge on any atom is -0.497 e. The van der Waals surface area contributed by atoms with Gasteiger partial charge in [-0.2, -0.15) is 0 Å². The predicted octanol–water partition coefficient (Wildman–Crippen LogP) is 3.61. The molecule has 2 aromatic rings. The number of hydrogen-bond acceptors (Lipinski definition) is 3. The number of methoxy groups -OCH3 is 2. The molecule has 0 fully saturated rings. The fraction of sp³-hybridized carbons (Fsp3) is 0.143. The Bertz CT molecular complexity index is 570. The lowest BCUT2D eigenvalue weighted by molar-refractivity contribution is 0.395. The summed E-state index contributed by atoms with van der Waals surface area (Å²) in [7, 11) is 3.18. The maximum Gasteiger partial charge on any atom is 0.131 e. The number of nitrogen functional groups attached to an aromatic ring is 1. The van der Waals surface area contributed by atoms with Gasteiger partial charge in [0, 0.05) is 22.9 Å². The van der Waals surface area contributed by atoms with Crippen LogP contribution in [0.2, 0.25) is 5.02 Å². The second kappa shape index (κ2) is 5.19. The van der Waals surface area contributed by atoms with E-state index in [0.29, 0.717) is 22.2 Å². The molecule has 0 aliphatic carbocycles. The highest BCUT2D eigenvalue weighted by molar-refractivity contribution is 6.34. The summed E-state index contributed by atoms with van der Waals surface area (Å²) in [5.41, 5.74) is 8.25. The molecule has 0 atom stereocenters. The third-order valence-corrected chi connectivity index (χ3v) is 3.01. The van der Waals surface area contributed by atoms with Crippen LogP contribution < -0.4 is 15.2 Å². The topological polar surface area (TPSA) is 44.5 Å². The molecule has 18 heavy (non-hydrogen) atoms. The van der Waals surface area contributed by atoms with E-state index < -0.39 is 0 Å². The van der Waals surface area contributed by atoms with Gasteiger partial charge in [0.2, 0.25) is 0 Å². The number of anilines is 1. The maximum atomic E-state index is 6.28. The van der Waals surface area contributed by atoms with Crippen LogP contribution in [0.4, 0.5) is 5.69 Å². The van der Waals surface area contributed by atoms with E-state index in [-0.39, 0.29) is 0 Å². The van der Waals surface area contributed by atoms with Gasteiger partial charge in [-0.15, -0.1) is 0 Å². The lowest BCUT2D eigenvalue weighted by atomic mass is 10.0. The Hall–Kier alpha value is -1.87. The number of nitrogens with two attached hydrogens (primary N) is 1. The molecule has 0 unspecified atom stereocenters. The van der Waals surface area contributed by atoms with Crippen LogP contribution in [0.1, 0.15) is 0 Å². The van der Waals surface area contributed by atoms with Crippen LogP contribution in [0.3, 0.4) is 0 Å². The fourth-order valence-corrected chi connectivity index (χ4v) is 2.13. The summed E-state index contributed by atoms with van der Waals surface area (Å²) in [4.78, 5) is 0. The van der Waals surface area contributed by atoms with Gasteiger partial charge in [0.15, 0.2) is 0 Å². The Balaban J connectivity index is 2.67. The Kier molecular flexibility index (Phi) is 3.63. The lowest BCUT2D eigenvalue weighted by Crippen LogP contribution is -1.95. The number of benzene rings is 2. The molecule has 2 N–H and O–H groups in total. The third-order valence-electron chi connectivity index (χ3n) is 2.71. The molecule has 3 nitrogen and oxygen atoms in total.